The van der Waals surface area contributed by atoms with Crippen LogP contribution in [0.2, 0.25) is 0 Å². The summed E-state index contributed by atoms with van der Waals surface area (Å²) in [5.41, 5.74) is 1.92. The molecule has 0 saturated carbocycles. The van der Waals surface area contributed by atoms with Crippen LogP contribution >= 0.6 is 15.9 Å². The Balaban J connectivity index is 2.56. The van der Waals surface area contributed by atoms with Crippen LogP contribution in [0.1, 0.15) is 29.3 Å². The second-order valence-corrected chi connectivity index (χ2v) is 4.32. The van der Waals surface area contributed by atoms with Crippen molar-refractivity contribution in [2.75, 3.05) is 7.11 Å². The van der Waals surface area contributed by atoms with E-state index in [4.69, 9.17) is 0 Å². The molecule has 0 spiro atoms. The van der Waals surface area contributed by atoms with E-state index in [1.165, 1.54) is 12.7 Å². The molecule has 0 heterocycles. The molecule has 4 heteroatoms. The number of aryl methyl sites for hydroxylation is 1. The van der Waals surface area contributed by atoms with Gasteiger partial charge in [-0.2, -0.15) is 0 Å². The van der Waals surface area contributed by atoms with Gasteiger partial charge in [0.25, 0.3) is 0 Å². The van der Waals surface area contributed by atoms with Crippen molar-refractivity contribution in [2.45, 2.75) is 19.8 Å². The van der Waals surface area contributed by atoms with Crippen LogP contribution in [-0.2, 0) is 11.3 Å². The van der Waals surface area contributed by atoms with Crippen LogP contribution in [-0.4, -0.2) is 17.5 Å². The molecule has 0 aliphatic rings. The van der Waals surface area contributed by atoms with Crippen molar-refractivity contribution in [1.82, 2.24) is 0 Å². The van der Waals surface area contributed by atoms with E-state index < -0.39 is 0 Å². The van der Waals surface area contributed by atoms with Crippen molar-refractivity contribution in [3.8, 4) is 0 Å². The van der Waals surface area contributed by atoms with Gasteiger partial charge in [-0.3, -0.25) is 4.79 Å². The summed E-state index contributed by atoms with van der Waals surface area (Å²) >= 11 is 3.30. The SMILES string of the molecule is CO/N=C(\Br)CCc1ccc(C(C)=O)cc1. The fraction of sp³-hybridized carbons (Fsp3) is 0.333. The van der Waals surface area contributed by atoms with Crippen molar-refractivity contribution in [3.63, 3.8) is 0 Å². The second-order valence-electron chi connectivity index (χ2n) is 3.40. The zero-order valence-corrected chi connectivity index (χ0v) is 11.0. The fourth-order valence-electron chi connectivity index (χ4n) is 1.30. The number of rotatable bonds is 5. The van der Waals surface area contributed by atoms with E-state index in [9.17, 15) is 4.79 Å². The number of Topliss-reactive ketones (excluding diaryl/α,β-unsaturated/α-hetero) is 1. The molecule has 0 saturated heterocycles. The first-order valence-corrected chi connectivity index (χ1v) is 5.78. The lowest BCUT2D eigenvalue weighted by molar-refractivity contribution is 0.101. The van der Waals surface area contributed by atoms with Gasteiger partial charge in [0.1, 0.15) is 11.7 Å². The molecule has 0 aromatic heterocycles. The lowest BCUT2D eigenvalue weighted by atomic mass is 10.1. The van der Waals surface area contributed by atoms with Gasteiger partial charge in [0.2, 0.25) is 0 Å². The van der Waals surface area contributed by atoms with Crippen LogP contribution in [0.4, 0.5) is 0 Å². The van der Waals surface area contributed by atoms with Crippen LogP contribution < -0.4 is 0 Å². The minimum absolute atomic E-state index is 0.0914. The fourth-order valence-corrected chi connectivity index (χ4v) is 1.64. The van der Waals surface area contributed by atoms with Crippen LogP contribution in [0.15, 0.2) is 29.4 Å². The number of halogens is 1. The molecule has 0 fully saturated rings. The van der Waals surface area contributed by atoms with Gasteiger partial charge in [-0.15, -0.1) is 0 Å². The highest BCUT2D eigenvalue weighted by Gasteiger charge is 2.00. The number of ketones is 1. The lowest BCUT2D eigenvalue weighted by Gasteiger charge is -2.01. The number of carbonyl (C=O) groups is 1. The van der Waals surface area contributed by atoms with Crippen LogP contribution in [0.25, 0.3) is 0 Å². The zero-order chi connectivity index (χ0) is 12.0. The first kappa shape index (κ1) is 12.9. The Hall–Kier alpha value is -1.16. The number of oxime groups is 1. The minimum Gasteiger partial charge on any atom is -0.398 e. The average molecular weight is 284 g/mol. The highest BCUT2D eigenvalue weighted by Crippen LogP contribution is 2.09. The molecule has 3 nitrogen and oxygen atoms in total. The molecule has 0 atom stereocenters. The van der Waals surface area contributed by atoms with Gasteiger partial charge in [-0.05, 0) is 34.8 Å². The largest absolute Gasteiger partial charge is 0.398 e. The van der Waals surface area contributed by atoms with E-state index in [0.29, 0.717) is 0 Å². The van der Waals surface area contributed by atoms with Gasteiger partial charge >= 0.3 is 0 Å². The van der Waals surface area contributed by atoms with Crippen molar-refractivity contribution >= 4 is 26.3 Å². The number of hydrogen-bond acceptors (Lipinski definition) is 3. The van der Waals surface area contributed by atoms with Gasteiger partial charge in [0.05, 0.1) is 0 Å². The maximum atomic E-state index is 11.1. The summed E-state index contributed by atoms with van der Waals surface area (Å²) in [6.45, 7) is 1.57. The molecule has 16 heavy (non-hydrogen) atoms. The molecular weight excluding hydrogens is 270 g/mol. The van der Waals surface area contributed by atoms with E-state index in [0.717, 1.165) is 23.0 Å². The Kier molecular flexibility index (Phi) is 5.19. The maximum absolute atomic E-state index is 11.1. The van der Waals surface area contributed by atoms with Gasteiger partial charge < -0.3 is 4.84 Å². The monoisotopic (exact) mass is 283 g/mol. The van der Waals surface area contributed by atoms with Crippen molar-refractivity contribution in [1.29, 1.82) is 0 Å². The minimum atomic E-state index is 0.0914. The lowest BCUT2D eigenvalue weighted by Crippen LogP contribution is -1.95. The number of carbonyl (C=O) groups excluding carboxylic acids is 1. The molecule has 0 bridgehead atoms. The summed E-state index contributed by atoms with van der Waals surface area (Å²) in [5.74, 6) is 0.0914. The third kappa shape index (κ3) is 4.14. The molecule has 0 radical (unpaired) electrons. The van der Waals surface area contributed by atoms with Gasteiger partial charge in [0, 0.05) is 12.0 Å². The molecule has 1 aromatic carbocycles. The molecule has 86 valence electrons. The van der Waals surface area contributed by atoms with Crippen molar-refractivity contribution in [3.05, 3.63) is 35.4 Å². The average Bonchev–Trinajstić information content (AvgIpc) is 2.27. The van der Waals surface area contributed by atoms with Crippen LogP contribution in [0.3, 0.4) is 0 Å². The summed E-state index contributed by atoms with van der Waals surface area (Å²) in [5, 5.41) is 3.76. The number of hydrogen-bond donors (Lipinski definition) is 0. The van der Waals surface area contributed by atoms with Gasteiger partial charge in [-0.1, -0.05) is 29.4 Å². The molecule has 1 aromatic rings. The third-order valence-corrected chi connectivity index (χ3v) is 2.71. The number of benzene rings is 1. The highest BCUT2D eigenvalue weighted by atomic mass is 79.9. The van der Waals surface area contributed by atoms with E-state index in [1.807, 2.05) is 24.3 Å². The Morgan fingerprint density at radius 2 is 2.00 bits per heavy atom. The standard InChI is InChI=1S/C12H14BrNO2/c1-9(15)11-6-3-10(4-7-11)5-8-12(13)14-16-2/h3-4,6-7H,5,8H2,1-2H3/b14-12-. The van der Waals surface area contributed by atoms with Crippen molar-refractivity contribution < 1.29 is 9.63 Å². The predicted octanol–water partition coefficient (Wildman–Crippen LogP) is 3.18. The highest BCUT2D eigenvalue weighted by molar-refractivity contribution is 9.18. The molecule has 0 unspecified atom stereocenters. The molecule has 0 N–H and O–H groups in total. The zero-order valence-electron chi connectivity index (χ0n) is 9.37. The Labute approximate surface area is 104 Å². The Morgan fingerprint density at radius 3 is 2.50 bits per heavy atom. The molecular formula is C12H14BrNO2. The van der Waals surface area contributed by atoms with Gasteiger partial charge in [-0.25, -0.2) is 0 Å². The quantitative estimate of drug-likeness (QED) is 0.473. The predicted molar refractivity (Wildman–Crippen MR) is 68.1 cm³/mol. The van der Waals surface area contributed by atoms with Gasteiger partial charge in [0.15, 0.2) is 5.78 Å². The van der Waals surface area contributed by atoms with E-state index in [1.54, 1.807) is 6.92 Å². The van der Waals surface area contributed by atoms with E-state index in [-0.39, 0.29) is 5.78 Å². The topological polar surface area (TPSA) is 38.7 Å². The maximum Gasteiger partial charge on any atom is 0.159 e. The van der Waals surface area contributed by atoms with Crippen LogP contribution in [0.5, 0.6) is 0 Å². The Bertz CT molecular complexity index is 385. The normalized spacial score (nSPS) is 11.3. The van der Waals surface area contributed by atoms with Crippen molar-refractivity contribution in [2.24, 2.45) is 5.16 Å². The summed E-state index contributed by atoms with van der Waals surface area (Å²) in [6.07, 6.45) is 1.65. The molecule has 0 aliphatic carbocycles. The van der Waals surface area contributed by atoms with Crippen LogP contribution in [0, 0.1) is 0 Å². The molecule has 1 rings (SSSR count). The van der Waals surface area contributed by atoms with E-state index in [2.05, 4.69) is 25.9 Å². The summed E-state index contributed by atoms with van der Waals surface area (Å²) in [6, 6.07) is 7.62. The third-order valence-electron chi connectivity index (χ3n) is 2.17. The first-order valence-electron chi connectivity index (χ1n) is 4.99. The molecule has 0 aliphatic heterocycles. The smallest absolute Gasteiger partial charge is 0.159 e. The summed E-state index contributed by atoms with van der Waals surface area (Å²) in [7, 11) is 1.52. The number of nitrogens with zero attached hydrogens (tertiary/aromatic N) is 1. The molecule has 0 amide bonds. The summed E-state index contributed by atoms with van der Waals surface area (Å²) < 4.78 is 0.783. The Morgan fingerprint density at radius 1 is 1.38 bits per heavy atom. The first-order chi connectivity index (χ1) is 7.63. The second kappa shape index (κ2) is 6.43. The van der Waals surface area contributed by atoms with E-state index >= 15 is 0 Å². The summed E-state index contributed by atoms with van der Waals surface area (Å²) in [4.78, 5) is 15.7.